The summed E-state index contributed by atoms with van der Waals surface area (Å²) in [5.74, 6) is -0.710. The molecule has 0 saturated carbocycles. The number of halogens is 2. The lowest BCUT2D eigenvalue weighted by Crippen LogP contribution is -2.32. The van der Waals surface area contributed by atoms with Crippen LogP contribution in [0.2, 0.25) is 5.02 Å². The molecule has 0 fully saturated rings. The molecule has 1 aromatic carbocycles. The molecule has 0 bridgehead atoms. The van der Waals surface area contributed by atoms with E-state index in [9.17, 15) is 9.18 Å². The number of hydrogen-bond donors (Lipinski definition) is 1. The van der Waals surface area contributed by atoms with Gasteiger partial charge in [-0.05, 0) is 31.2 Å². The predicted molar refractivity (Wildman–Crippen MR) is 67.7 cm³/mol. The first-order valence-corrected chi connectivity index (χ1v) is 5.78. The Kier molecular flexibility index (Phi) is 4.90. The number of benzene rings is 1. The van der Waals surface area contributed by atoms with Crippen LogP contribution in [0.3, 0.4) is 0 Å². The van der Waals surface area contributed by atoms with E-state index < -0.39 is 5.82 Å². The molecule has 0 radical (unpaired) electrons. The minimum Gasteiger partial charge on any atom is -0.330 e. The van der Waals surface area contributed by atoms with Crippen LogP contribution in [-0.2, 0) is 4.79 Å². The van der Waals surface area contributed by atoms with Crippen LogP contribution in [0.1, 0.15) is 13.3 Å². The topological polar surface area (TPSA) is 46.3 Å². The Hall–Kier alpha value is -1.13. The number of nitrogens with two attached hydrogens (primary N) is 1. The van der Waals surface area contributed by atoms with Crippen molar-refractivity contribution in [2.45, 2.75) is 13.3 Å². The van der Waals surface area contributed by atoms with Crippen molar-refractivity contribution in [1.82, 2.24) is 0 Å². The second kappa shape index (κ2) is 5.98. The van der Waals surface area contributed by atoms with Gasteiger partial charge in [-0.25, -0.2) is 4.39 Å². The van der Waals surface area contributed by atoms with Crippen LogP contribution in [0.4, 0.5) is 10.1 Å². The highest BCUT2D eigenvalue weighted by Gasteiger charge is 2.18. The molecule has 0 aliphatic carbocycles. The number of carbonyl (C=O) groups is 1. The molecule has 0 heterocycles. The van der Waals surface area contributed by atoms with E-state index >= 15 is 0 Å². The molecule has 3 nitrogen and oxygen atoms in total. The van der Waals surface area contributed by atoms with Gasteiger partial charge in [0.2, 0.25) is 5.91 Å². The van der Waals surface area contributed by atoms with Crippen molar-refractivity contribution >= 4 is 23.2 Å². The van der Waals surface area contributed by atoms with Gasteiger partial charge in [-0.1, -0.05) is 18.5 Å². The molecule has 1 aromatic rings. The van der Waals surface area contributed by atoms with E-state index in [1.54, 1.807) is 7.05 Å². The Labute approximate surface area is 105 Å². The standard InChI is InChI=1S/C12H16ClFN2O/c1-8(5-6-15)12(17)16(2)9-3-4-11(14)10(13)7-9/h3-4,7-8H,5-6,15H2,1-2H3. The Balaban J connectivity index is 2.85. The maximum atomic E-state index is 13.0. The molecule has 0 aromatic heterocycles. The summed E-state index contributed by atoms with van der Waals surface area (Å²) in [4.78, 5) is 13.4. The summed E-state index contributed by atoms with van der Waals surface area (Å²) in [5.41, 5.74) is 5.98. The van der Waals surface area contributed by atoms with Gasteiger partial charge in [0.25, 0.3) is 0 Å². The fourth-order valence-corrected chi connectivity index (χ4v) is 1.70. The Bertz CT molecular complexity index is 411. The van der Waals surface area contributed by atoms with Gasteiger partial charge in [0.15, 0.2) is 0 Å². The summed E-state index contributed by atoms with van der Waals surface area (Å²) in [6.07, 6.45) is 0.623. The summed E-state index contributed by atoms with van der Waals surface area (Å²) in [6, 6.07) is 4.20. The first-order valence-electron chi connectivity index (χ1n) is 5.40. The minimum absolute atomic E-state index is 0.00799. The molecule has 17 heavy (non-hydrogen) atoms. The molecule has 94 valence electrons. The molecule has 0 saturated heterocycles. The zero-order valence-corrected chi connectivity index (χ0v) is 10.7. The summed E-state index contributed by atoms with van der Waals surface area (Å²) < 4.78 is 13.0. The Morgan fingerprint density at radius 3 is 2.76 bits per heavy atom. The van der Waals surface area contributed by atoms with Gasteiger partial charge in [0, 0.05) is 18.7 Å². The van der Waals surface area contributed by atoms with Gasteiger partial charge < -0.3 is 10.6 Å². The third-order valence-electron chi connectivity index (χ3n) is 2.64. The number of rotatable bonds is 4. The molecular weight excluding hydrogens is 243 g/mol. The van der Waals surface area contributed by atoms with Gasteiger partial charge in [-0.3, -0.25) is 4.79 Å². The monoisotopic (exact) mass is 258 g/mol. The maximum absolute atomic E-state index is 13.0. The smallest absolute Gasteiger partial charge is 0.229 e. The molecule has 0 spiro atoms. The number of hydrogen-bond acceptors (Lipinski definition) is 2. The van der Waals surface area contributed by atoms with Crippen molar-refractivity contribution in [3.63, 3.8) is 0 Å². The second-order valence-corrected chi connectivity index (χ2v) is 4.38. The van der Waals surface area contributed by atoms with E-state index in [-0.39, 0.29) is 16.8 Å². The lowest BCUT2D eigenvalue weighted by Gasteiger charge is -2.21. The van der Waals surface area contributed by atoms with Gasteiger partial charge in [0.05, 0.1) is 5.02 Å². The van der Waals surface area contributed by atoms with Crippen LogP contribution in [0, 0.1) is 11.7 Å². The molecule has 0 aliphatic heterocycles. The average Bonchev–Trinajstić information content (AvgIpc) is 2.31. The van der Waals surface area contributed by atoms with E-state index in [0.717, 1.165) is 0 Å². The maximum Gasteiger partial charge on any atom is 0.229 e. The van der Waals surface area contributed by atoms with Gasteiger partial charge in [0.1, 0.15) is 5.82 Å². The summed E-state index contributed by atoms with van der Waals surface area (Å²) in [5, 5.41) is 0.00799. The lowest BCUT2D eigenvalue weighted by atomic mass is 10.1. The summed E-state index contributed by atoms with van der Waals surface area (Å²) >= 11 is 5.67. The van der Waals surface area contributed by atoms with Crippen molar-refractivity contribution in [2.75, 3.05) is 18.5 Å². The number of anilines is 1. The molecule has 1 atom stereocenters. The SMILES string of the molecule is CC(CCN)C(=O)N(C)c1ccc(F)c(Cl)c1. The summed E-state index contributed by atoms with van der Waals surface area (Å²) in [7, 11) is 1.64. The Morgan fingerprint density at radius 2 is 2.24 bits per heavy atom. The van der Waals surface area contributed by atoms with Crippen LogP contribution >= 0.6 is 11.6 Å². The van der Waals surface area contributed by atoms with Crippen molar-refractivity contribution in [3.05, 3.63) is 29.0 Å². The fourth-order valence-electron chi connectivity index (χ4n) is 1.52. The van der Waals surface area contributed by atoms with E-state index in [1.165, 1.54) is 23.1 Å². The molecule has 1 unspecified atom stereocenters. The van der Waals surface area contributed by atoms with E-state index in [4.69, 9.17) is 17.3 Å². The third kappa shape index (κ3) is 3.41. The van der Waals surface area contributed by atoms with Crippen LogP contribution in [0.15, 0.2) is 18.2 Å². The molecule has 2 N–H and O–H groups in total. The van der Waals surface area contributed by atoms with Crippen LogP contribution < -0.4 is 10.6 Å². The van der Waals surface area contributed by atoms with Crippen molar-refractivity contribution in [2.24, 2.45) is 11.7 Å². The second-order valence-electron chi connectivity index (χ2n) is 3.97. The zero-order chi connectivity index (χ0) is 13.0. The lowest BCUT2D eigenvalue weighted by molar-refractivity contribution is -0.121. The van der Waals surface area contributed by atoms with Gasteiger partial charge in [-0.15, -0.1) is 0 Å². The van der Waals surface area contributed by atoms with Gasteiger partial charge >= 0.3 is 0 Å². The summed E-state index contributed by atoms with van der Waals surface area (Å²) in [6.45, 7) is 2.28. The van der Waals surface area contributed by atoms with E-state index in [0.29, 0.717) is 18.7 Å². The van der Waals surface area contributed by atoms with Crippen molar-refractivity contribution < 1.29 is 9.18 Å². The number of amides is 1. The predicted octanol–water partition coefficient (Wildman–Crippen LogP) is 2.43. The first-order chi connectivity index (χ1) is 7.97. The van der Waals surface area contributed by atoms with E-state index in [2.05, 4.69) is 0 Å². The third-order valence-corrected chi connectivity index (χ3v) is 2.93. The molecule has 1 amide bonds. The largest absolute Gasteiger partial charge is 0.330 e. The number of nitrogens with zero attached hydrogens (tertiary/aromatic N) is 1. The van der Waals surface area contributed by atoms with E-state index in [1.807, 2.05) is 6.92 Å². The average molecular weight is 259 g/mol. The quantitative estimate of drug-likeness (QED) is 0.902. The highest BCUT2D eigenvalue weighted by molar-refractivity contribution is 6.31. The normalized spacial score (nSPS) is 12.3. The first kappa shape index (κ1) is 13.9. The van der Waals surface area contributed by atoms with Crippen LogP contribution in [-0.4, -0.2) is 19.5 Å². The zero-order valence-electron chi connectivity index (χ0n) is 9.91. The minimum atomic E-state index is -0.494. The van der Waals surface area contributed by atoms with Crippen molar-refractivity contribution in [3.8, 4) is 0 Å². The van der Waals surface area contributed by atoms with Crippen LogP contribution in [0.25, 0.3) is 0 Å². The highest BCUT2D eigenvalue weighted by atomic mass is 35.5. The Morgan fingerprint density at radius 1 is 1.59 bits per heavy atom. The molecule has 5 heteroatoms. The van der Waals surface area contributed by atoms with Crippen molar-refractivity contribution in [1.29, 1.82) is 0 Å². The number of carbonyl (C=O) groups excluding carboxylic acids is 1. The molecule has 0 aliphatic rings. The molecular formula is C12H16ClFN2O. The highest BCUT2D eigenvalue weighted by Crippen LogP contribution is 2.23. The van der Waals surface area contributed by atoms with Gasteiger partial charge in [-0.2, -0.15) is 0 Å². The van der Waals surface area contributed by atoms with Crippen LogP contribution in [0.5, 0.6) is 0 Å². The fraction of sp³-hybridized carbons (Fsp3) is 0.417. The molecule has 1 rings (SSSR count).